The Bertz CT molecular complexity index is 1030. The molecule has 0 amide bonds. The fourth-order valence-electron chi connectivity index (χ4n) is 10.7. The Balaban J connectivity index is 1.69. The number of methoxy groups -OCH3 is 2. The molecule has 0 bridgehead atoms. The first kappa shape index (κ1) is 26.2. The average molecular weight is 497 g/mol. The summed E-state index contributed by atoms with van der Waals surface area (Å²) in [6, 6.07) is 0. The maximum absolute atomic E-state index is 14.5. The van der Waals surface area contributed by atoms with Crippen molar-refractivity contribution in [3.05, 3.63) is 23.8 Å². The summed E-state index contributed by atoms with van der Waals surface area (Å²) in [4.78, 5) is 27.6. The van der Waals surface area contributed by atoms with Gasteiger partial charge in [0.2, 0.25) is 0 Å². The van der Waals surface area contributed by atoms with E-state index in [0.717, 1.165) is 19.3 Å². The van der Waals surface area contributed by atoms with Crippen LogP contribution in [0.25, 0.3) is 0 Å². The van der Waals surface area contributed by atoms with Crippen LogP contribution in [0, 0.1) is 56.7 Å². The zero-order chi connectivity index (χ0) is 26.5. The van der Waals surface area contributed by atoms with Gasteiger partial charge in [-0.3, -0.25) is 9.59 Å². The van der Waals surface area contributed by atoms with Gasteiger partial charge in [0, 0.05) is 18.4 Å². The fourth-order valence-corrected chi connectivity index (χ4v) is 10.7. The molecule has 3 saturated carbocycles. The van der Waals surface area contributed by atoms with Crippen LogP contribution >= 0.6 is 0 Å². The molecule has 0 spiro atoms. The number of esters is 1. The molecule has 0 unspecified atom stereocenters. The van der Waals surface area contributed by atoms with Crippen molar-refractivity contribution in [3.63, 3.8) is 0 Å². The van der Waals surface area contributed by atoms with Crippen molar-refractivity contribution in [3.8, 4) is 0 Å². The van der Waals surface area contributed by atoms with Crippen molar-refractivity contribution in [2.45, 2.75) is 93.1 Å². The van der Waals surface area contributed by atoms with E-state index in [1.807, 2.05) is 19.1 Å². The predicted octanol–water partition coefficient (Wildman–Crippen LogP) is 6.79. The fraction of sp³-hybridized carbons (Fsp3) is 0.812. The lowest BCUT2D eigenvalue weighted by molar-refractivity contribution is -0.204. The zero-order valence-corrected chi connectivity index (χ0v) is 24.1. The number of rotatable bonds is 2. The second kappa shape index (κ2) is 8.04. The minimum Gasteiger partial charge on any atom is -0.468 e. The van der Waals surface area contributed by atoms with E-state index in [4.69, 9.17) is 9.47 Å². The summed E-state index contributed by atoms with van der Waals surface area (Å²) in [5.41, 5.74) is 0.263. The molecule has 0 aromatic carbocycles. The molecule has 3 fully saturated rings. The van der Waals surface area contributed by atoms with Gasteiger partial charge in [-0.15, -0.1) is 0 Å². The number of fused-ring (bicyclic) bond motifs is 7. The van der Waals surface area contributed by atoms with Crippen molar-refractivity contribution in [1.82, 2.24) is 0 Å². The number of carbonyl (C=O) groups is 2. The summed E-state index contributed by atoms with van der Waals surface area (Å²) in [7, 11) is 3.22. The molecule has 4 nitrogen and oxygen atoms in total. The Morgan fingerprint density at radius 2 is 1.67 bits per heavy atom. The molecule has 0 N–H and O–H groups in total. The molecule has 5 aliphatic rings. The molecule has 11 atom stereocenters. The lowest BCUT2D eigenvalue weighted by atomic mass is 9.33. The predicted molar refractivity (Wildman–Crippen MR) is 142 cm³/mol. The van der Waals surface area contributed by atoms with E-state index in [1.165, 1.54) is 31.9 Å². The molecule has 0 heterocycles. The largest absolute Gasteiger partial charge is 0.468 e. The number of ketones is 1. The molecular formula is C32H48O4. The van der Waals surface area contributed by atoms with Gasteiger partial charge >= 0.3 is 5.97 Å². The van der Waals surface area contributed by atoms with Gasteiger partial charge in [0.05, 0.1) is 18.6 Å². The Labute approximate surface area is 218 Å². The van der Waals surface area contributed by atoms with E-state index in [-0.39, 0.29) is 45.9 Å². The van der Waals surface area contributed by atoms with Crippen LogP contribution in [0.3, 0.4) is 0 Å². The van der Waals surface area contributed by atoms with Gasteiger partial charge in [-0.05, 0) is 91.4 Å². The van der Waals surface area contributed by atoms with Crippen LogP contribution in [0.5, 0.6) is 0 Å². The summed E-state index contributed by atoms with van der Waals surface area (Å²) in [6.07, 6.45) is 12.7. The average Bonchev–Trinajstić information content (AvgIpc) is 2.82. The summed E-state index contributed by atoms with van der Waals surface area (Å²) < 4.78 is 11.4. The van der Waals surface area contributed by atoms with Crippen LogP contribution in [-0.2, 0) is 19.1 Å². The Hall–Kier alpha value is -1.42. The number of allylic oxidation sites excluding steroid dienone is 2. The van der Waals surface area contributed by atoms with E-state index in [1.54, 1.807) is 7.11 Å². The van der Waals surface area contributed by atoms with Crippen molar-refractivity contribution in [2.75, 3.05) is 14.2 Å². The van der Waals surface area contributed by atoms with Gasteiger partial charge < -0.3 is 9.47 Å². The van der Waals surface area contributed by atoms with Gasteiger partial charge in [-0.25, -0.2) is 0 Å². The maximum Gasteiger partial charge on any atom is 0.315 e. The van der Waals surface area contributed by atoms with E-state index in [0.29, 0.717) is 17.8 Å². The third-order valence-corrected chi connectivity index (χ3v) is 13.2. The van der Waals surface area contributed by atoms with Crippen LogP contribution in [0.4, 0.5) is 0 Å². The molecule has 0 aliphatic heterocycles. The molecule has 36 heavy (non-hydrogen) atoms. The highest BCUT2D eigenvalue weighted by Gasteiger charge is 2.72. The smallest absolute Gasteiger partial charge is 0.315 e. The summed E-state index contributed by atoms with van der Waals surface area (Å²) in [5, 5.41) is 0. The van der Waals surface area contributed by atoms with E-state index < -0.39 is 10.8 Å². The summed E-state index contributed by atoms with van der Waals surface area (Å²) in [6.45, 7) is 16.5. The Morgan fingerprint density at radius 3 is 2.31 bits per heavy atom. The molecule has 5 rings (SSSR count). The lowest BCUT2D eigenvalue weighted by Gasteiger charge is -2.70. The van der Waals surface area contributed by atoms with Crippen LogP contribution in [0.1, 0.15) is 87.0 Å². The van der Waals surface area contributed by atoms with Gasteiger partial charge in [-0.2, -0.15) is 0 Å². The van der Waals surface area contributed by atoms with Crippen molar-refractivity contribution in [2.24, 2.45) is 56.7 Å². The van der Waals surface area contributed by atoms with Crippen LogP contribution < -0.4 is 0 Å². The quantitative estimate of drug-likeness (QED) is 0.312. The van der Waals surface area contributed by atoms with Crippen LogP contribution in [-0.4, -0.2) is 32.1 Å². The first-order valence-corrected chi connectivity index (χ1v) is 14.3. The van der Waals surface area contributed by atoms with Crippen molar-refractivity contribution >= 4 is 11.8 Å². The molecular weight excluding hydrogens is 448 g/mol. The Morgan fingerprint density at radius 1 is 0.972 bits per heavy atom. The lowest BCUT2D eigenvalue weighted by Crippen LogP contribution is -2.68. The van der Waals surface area contributed by atoms with Gasteiger partial charge in [0.1, 0.15) is 0 Å². The minimum atomic E-state index is -0.760. The minimum absolute atomic E-state index is 0.0181. The first-order chi connectivity index (χ1) is 16.7. The highest BCUT2D eigenvalue weighted by Crippen LogP contribution is 2.74. The van der Waals surface area contributed by atoms with E-state index in [9.17, 15) is 9.59 Å². The normalized spacial score (nSPS) is 53.9. The molecule has 0 saturated heterocycles. The highest BCUT2D eigenvalue weighted by atomic mass is 16.5. The summed E-state index contributed by atoms with van der Waals surface area (Å²) in [5.74, 6) is 1.57. The topological polar surface area (TPSA) is 52.6 Å². The summed E-state index contributed by atoms with van der Waals surface area (Å²) >= 11 is 0. The molecule has 4 heteroatoms. The van der Waals surface area contributed by atoms with Gasteiger partial charge in [-0.1, -0.05) is 59.3 Å². The highest BCUT2D eigenvalue weighted by molar-refractivity contribution is 5.96. The first-order valence-electron chi connectivity index (χ1n) is 14.3. The second-order valence-electron chi connectivity index (χ2n) is 14.4. The third-order valence-electron chi connectivity index (χ3n) is 13.2. The standard InChI is InChI=1S/C32H48O4/c1-19-10-13-28(3)16-17-30(5)21(25(28)20(19)2)18-22(33)26-31(30,6)15-11-23-29(4,27(34)36-9)14-12-24(35-8)32(23,26)7/h12,14,18-20,23-26H,10-11,13,15-17H2,1-9H3/t19-,20+,23+,24+,25+,26+,28-,29+,30-,31-,32-/m1/s1. The molecule has 0 aromatic heterocycles. The van der Waals surface area contributed by atoms with Crippen molar-refractivity contribution < 1.29 is 19.1 Å². The molecule has 0 radical (unpaired) electrons. The zero-order valence-electron chi connectivity index (χ0n) is 24.1. The molecule has 5 aliphatic carbocycles. The number of ether oxygens (including phenoxy) is 2. The number of carbonyl (C=O) groups excluding carboxylic acids is 2. The SMILES string of the molecule is COC(=O)[C@@]1(C)C=C[C@H](OC)[C@@]2(C)[C@H]1CC[C@]1(C)[C@@H]2C(=O)C=C2[C@@H]3[C@@H](C)[C@H](C)CC[C@]3(C)CC[C@]21C. The van der Waals surface area contributed by atoms with Crippen LogP contribution in [0.2, 0.25) is 0 Å². The van der Waals surface area contributed by atoms with Crippen LogP contribution in [0.15, 0.2) is 23.8 Å². The number of hydrogen-bond acceptors (Lipinski definition) is 4. The number of hydrogen-bond donors (Lipinski definition) is 0. The molecule has 0 aromatic rings. The Kier molecular flexibility index (Phi) is 5.85. The third kappa shape index (κ3) is 2.97. The van der Waals surface area contributed by atoms with Gasteiger partial charge in [0.15, 0.2) is 5.78 Å². The van der Waals surface area contributed by atoms with Gasteiger partial charge in [0.25, 0.3) is 0 Å². The molecule has 200 valence electrons. The second-order valence-corrected chi connectivity index (χ2v) is 14.4. The van der Waals surface area contributed by atoms with Crippen molar-refractivity contribution in [1.29, 1.82) is 0 Å². The maximum atomic E-state index is 14.5. The monoisotopic (exact) mass is 496 g/mol. The van der Waals surface area contributed by atoms with E-state index >= 15 is 0 Å². The van der Waals surface area contributed by atoms with E-state index in [2.05, 4.69) is 47.6 Å².